The number of aryl methyl sites for hydroxylation is 2. The second kappa shape index (κ2) is 6.09. The van der Waals surface area contributed by atoms with Crippen molar-refractivity contribution >= 4 is 22.9 Å². The number of hydrogen-bond donors (Lipinski definition) is 1. The maximum Gasteiger partial charge on any atom is 0.308 e. The second-order valence-corrected chi connectivity index (χ2v) is 7.41. The van der Waals surface area contributed by atoms with Crippen molar-refractivity contribution in [1.82, 2.24) is 14.5 Å². The minimum Gasteiger partial charge on any atom is -0.481 e. The molecule has 0 aliphatic carbocycles. The molecule has 7 nitrogen and oxygen atoms in total. The van der Waals surface area contributed by atoms with Crippen LogP contribution in [0.1, 0.15) is 35.4 Å². The summed E-state index contributed by atoms with van der Waals surface area (Å²) >= 11 is 0. The number of carbonyl (C=O) groups is 2. The van der Waals surface area contributed by atoms with Crippen molar-refractivity contribution in [1.29, 1.82) is 0 Å². The molecule has 0 saturated carbocycles. The Bertz CT molecular complexity index is 882. The Kier molecular flexibility index (Phi) is 3.99. The van der Waals surface area contributed by atoms with E-state index in [1.54, 1.807) is 4.90 Å². The van der Waals surface area contributed by atoms with Gasteiger partial charge in [-0.15, -0.1) is 0 Å². The maximum atomic E-state index is 13.3. The molecular formula is C19H23N3O4. The van der Waals surface area contributed by atoms with Crippen LogP contribution in [0.4, 0.5) is 0 Å². The van der Waals surface area contributed by atoms with Crippen molar-refractivity contribution in [2.75, 3.05) is 19.8 Å². The fourth-order valence-electron chi connectivity index (χ4n) is 4.35. The van der Waals surface area contributed by atoms with E-state index in [1.165, 1.54) is 0 Å². The quantitative estimate of drug-likeness (QED) is 0.888. The molecule has 7 heteroatoms. The molecule has 1 aromatic heterocycles. The van der Waals surface area contributed by atoms with Crippen LogP contribution in [0.3, 0.4) is 0 Å². The first kappa shape index (κ1) is 17.0. The second-order valence-electron chi connectivity index (χ2n) is 7.41. The van der Waals surface area contributed by atoms with Crippen LogP contribution in [0.25, 0.3) is 11.0 Å². The molecule has 26 heavy (non-hydrogen) atoms. The molecule has 0 bridgehead atoms. The van der Waals surface area contributed by atoms with Crippen LogP contribution in [0.2, 0.25) is 0 Å². The number of fused-ring (bicyclic) bond motifs is 1. The highest BCUT2D eigenvalue weighted by atomic mass is 16.5. The fourth-order valence-corrected chi connectivity index (χ4v) is 4.35. The van der Waals surface area contributed by atoms with Gasteiger partial charge in [-0.3, -0.25) is 9.59 Å². The standard InChI is InChI=1S/C19H23N3O4/c1-12-20-15-9-13(3-4-16(15)21(12)2)17(23)22-11-14(18(24)25)10-19(22)5-7-26-8-6-19/h3-4,9,14H,5-8,10-11H2,1-2H3,(H,24,25). The number of ether oxygens (including phenoxy) is 1. The zero-order valence-corrected chi connectivity index (χ0v) is 15.1. The van der Waals surface area contributed by atoms with E-state index in [0.29, 0.717) is 38.0 Å². The summed E-state index contributed by atoms with van der Waals surface area (Å²) in [6.07, 6.45) is 1.88. The monoisotopic (exact) mass is 357 g/mol. The van der Waals surface area contributed by atoms with Gasteiger partial charge in [0.25, 0.3) is 5.91 Å². The molecule has 1 amide bonds. The van der Waals surface area contributed by atoms with E-state index in [2.05, 4.69) is 4.98 Å². The summed E-state index contributed by atoms with van der Waals surface area (Å²) < 4.78 is 7.45. The van der Waals surface area contributed by atoms with Gasteiger partial charge in [-0.05, 0) is 44.4 Å². The number of nitrogens with zero attached hydrogens (tertiary/aromatic N) is 3. The Morgan fingerprint density at radius 1 is 1.31 bits per heavy atom. The van der Waals surface area contributed by atoms with E-state index < -0.39 is 17.4 Å². The van der Waals surface area contributed by atoms with Crippen LogP contribution >= 0.6 is 0 Å². The zero-order chi connectivity index (χ0) is 18.5. The smallest absolute Gasteiger partial charge is 0.308 e. The summed E-state index contributed by atoms with van der Waals surface area (Å²) in [6.45, 7) is 3.31. The third-order valence-corrected chi connectivity index (χ3v) is 5.97. The highest BCUT2D eigenvalue weighted by Crippen LogP contribution is 2.41. The molecule has 2 aliphatic rings. The molecule has 1 atom stereocenters. The third kappa shape index (κ3) is 2.58. The summed E-state index contributed by atoms with van der Waals surface area (Å²) in [5, 5.41) is 9.49. The summed E-state index contributed by atoms with van der Waals surface area (Å²) in [6, 6.07) is 5.53. The third-order valence-electron chi connectivity index (χ3n) is 5.97. The largest absolute Gasteiger partial charge is 0.481 e. The Balaban J connectivity index is 1.70. The van der Waals surface area contributed by atoms with Crippen LogP contribution in [0.15, 0.2) is 18.2 Å². The van der Waals surface area contributed by atoms with Crippen molar-refractivity contribution in [3.63, 3.8) is 0 Å². The number of aliphatic carboxylic acids is 1. The van der Waals surface area contributed by atoms with E-state index in [-0.39, 0.29) is 12.5 Å². The Morgan fingerprint density at radius 2 is 2.04 bits per heavy atom. The van der Waals surface area contributed by atoms with Gasteiger partial charge in [0.05, 0.1) is 17.0 Å². The van der Waals surface area contributed by atoms with E-state index in [4.69, 9.17) is 4.74 Å². The maximum absolute atomic E-state index is 13.3. The molecule has 4 rings (SSSR count). The number of imidazole rings is 1. The van der Waals surface area contributed by atoms with Crippen molar-refractivity contribution in [2.45, 2.75) is 31.7 Å². The van der Waals surface area contributed by atoms with E-state index in [9.17, 15) is 14.7 Å². The molecular weight excluding hydrogens is 334 g/mol. The molecule has 1 aromatic carbocycles. The lowest BCUT2D eigenvalue weighted by atomic mass is 9.84. The first-order chi connectivity index (χ1) is 12.4. The van der Waals surface area contributed by atoms with Gasteiger partial charge in [-0.2, -0.15) is 0 Å². The number of benzene rings is 1. The van der Waals surface area contributed by atoms with Gasteiger partial charge in [0, 0.05) is 37.9 Å². The molecule has 1 spiro atoms. The number of carboxylic acid groups (broad SMARTS) is 1. The molecule has 2 saturated heterocycles. The lowest BCUT2D eigenvalue weighted by molar-refractivity contribution is -0.141. The van der Waals surface area contributed by atoms with Crippen LogP contribution in [0.5, 0.6) is 0 Å². The number of carbonyl (C=O) groups excluding carboxylic acids is 1. The topological polar surface area (TPSA) is 84.7 Å². The lowest BCUT2D eigenvalue weighted by Gasteiger charge is -2.41. The van der Waals surface area contributed by atoms with Gasteiger partial charge in [0.1, 0.15) is 5.82 Å². The molecule has 0 radical (unpaired) electrons. The summed E-state index contributed by atoms with van der Waals surface area (Å²) in [4.78, 5) is 31.1. The Labute approximate surface area is 151 Å². The number of likely N-dealkylation sites (tertiary alicyclic amines) is 1. The summed E-state index contributed by atoms with van der Waals surface area (Å²) in [5.41, 5.74) is 1.91. The minimum atomic E-state index is -0.832. The number of amides is 1. The molecule has 2 aromatic rings. The van der Waals surface area contributed by atoms with Gasteiger partial charge < -0.3 is 19.3 Å². The first-order valence-corrected chi connectivity index (χ1v) is 8.97. The highest BCUT2D eigenvalue weighted by Gasteiger charge is 2.50. The van der Waals surface area contributed by atoms with Gasteiger partial charge in [-0.1, -0.05) is 0 Å². The first-order valence-electron chi connectivity index (χ1n) is 8.97. The van der Waals surface area contributed by atoms with Crippen LogP contribution in [-0.4, -0.2) is 56.7 Å². The van der Waals surface area contributed by atoms with Crippen LogP contribution < -0.4 is 0 Å². The number of carboxylic acids is 1. The van der Waals surface area contributed by atoms with Crippen molar-refractivity contribution in [2.24, 2.45) is 13.0 Å². The molecule has 2 aliphatic heterocycles. The molecule has 1 N–H and O–H groups in total. The minimum absolute atomic E-state index is 0.110. The lowest BCUT2D eigenvalue weighted by Crippen LogP contribution is -2.50. The summed E-state index contributed by atoms with van der Waals surface area (Å²) in [7, 11) is 1.95. The fraction of sp³-hybridized carbons (Fsp3) is 0.526. The van der Waals surface area contributed by atoms with Crippen molar-refractivity contribution < 1.29 is 19.4 Å². The number of rotatable bonds is 2. The van der Waals surface area contributed by atoms with Crippen LogP contribution in [-0.2, 0) is 16.6 Å². The average molecular weight is 357 g/mol. The predicted molar refractivity (Wildman–Crippen MR) is 95.0 cm³/mol. The zero-order valence-electron chi connectivity index (χ0n) is 15.1. The van der Waals surface area contributed by atoms with Gasteiger partial charge in [0.15, 0.2) is 0 Å². The van der Waals surface area contributed by atoms with Gasteiger partial charge in [0.2, 0.25) is 0 Å². The van der Waals surface area contributed by atoms with E-state index >= 15 is 0 Å². The van der Waals surface area contributed by atoms with Crippen molar-refractivity contribution in [3.05, 3.63) is 29.6 Å². The average Bonchev–Trinajstić information content (AvgIpc) is 3.13. The summed E-state index contributed by atoms with van der Waals surface area (Å²) in [5.74, 6) is -0.571. The molecule has 2 fully saturated rings. The SMILES string of the molecule is Cc1nc2cc(C(=O)N3CC(C(=O)O)CC34CCOCC4)ccc2n1C. The molecule has 138 valence electrons. The number of aromatic nitrogens is 2. The normalized spacial score (nSPS) is 22.2. The van der Waals surface area contributed by atoms with E-state index in [0.717, 1.165) is 16.9 Å². The Hall–Kier alpha value is -2.41. The van der Waals surface area contributed by atoms with Crippen molar-refractivity contribution in [3.8, 4) is 0 Å². The molecule has 3 heterocycles. The van der Waals surface area contributed by atoms with Gasteiger partial charge >= 0.3 is 5.97 Å². The van der Waals surface area contributed by atoms with E-state index in [1.807, 2.05) is 36.7 Å². The highest BCUT2D eigenvalue weighted by molar-refractivity contribution is 5.98. The van der Waals surface area contributed by atoms with Gasteiger partial charge in [-0.25, -0.2) is 4.98 Å². The van der Waals surface area contributed by atoms with Crippen LogP contribution in [0, 0.1) is 12.8 Å². The molecule has 1 unspecified atom stereocenters. The predicted octanol–water partition coefficient (Wildman–Crippen LogP) is 1.98. The number of hydrogen-bond acceptors (Lipinski definition) is 4. The Morgan fingerprint density at radius 3 is 2.73 bits per heavy atom.